The fraction of sp³-hybridized carbons (Fsp3) is 0.857. The van der Waals surface area contributed by atoms with Crippen LogP contribution in [0.3, 0.4) is 0 Å². The monoisotopic (exact) mass is 111 g/mol. The zero-order valence-electron chi connectivity index (χ0n) is 5.59. The van der Waals surface area contributed by atoms with Gasteiger partial charge in [0.1, 0.15) is 0 Å². The second-order valence-corrected chi connectivity index (χ2v) is 2.53. The molecule has 1 aliphatic heterocycles. The molecule has 1 nitrogen and oxygen atoms in total. The van der Waals surface area contributed by atoms with E-state index in [1.807, 2.05) is 0 Å². The Balaban J connectivity index is 2.28. The molecule has 2 unspecified atom stereocenters. The predicted molar refractivity (Wildman–Crippen MR) is 34.5 cm³/mol. The van der Waals surface area contributed by atoms with Gasteiger partial charge in [-0.1, -0.05) is 6.92 Å². The summed E-state index contributed by atoms with van der Waals surface area (Å²) < 4.78 is 0. The van der Waals surface area contributed by atoms with E-state index in [1.54, 1.807) is 0 Å². The lowest BCUT2D eigenvalue weighted by molar-refractivity contribution is 0.381. The Morgan fingerprint density at radius 1 is 1.50 bits per heavy atom. The van der Waals surface area contributed by atoms with Crippen molar-refractivity contribution in [3.8, 4) is 0 Å². The van der Waals surface area contributed by atoms with Gasteiger partial charge in [-0.15, -0.1) is 0 Å². The molecule has 0 N–H and O–H groups in total. The minimum atomic E-state index is 0.573. The van der Waals surface area contributed by atoms with Crippen LogP contribution in [0.15, 0.2) is 0 Å². The van der Waals surface area contributed by atoms with Gasteiger partial charge >= 0.3 is 0 Å². The van der Waals surface area contributed by atoms with Crippen LogP contribution in [0.25, 0.3) is 0 Å². The quantitative estimate of drug-likeness (QED) is 0.446. The average molecular weight is 111 g/mol. The van der Waals surface area contributed by atoms with E-state index in [-0.39, 0.29) is 0 Å². The first kappa shape index (κ1) is 6.09. The van der Waals surface area contributed by atoms with Gasteiger partial charge in [-0.05, 0) is 25.7 Å². The van der Waals surface area contributed by atoms with Gasteiger partial charge < -0.3 is 0 Å². The number of nitrogens with zero attached hydrogens (tertiary/aromatic N) is 1. The summed E-state index contributed by atoms with van der Waals surface area (Å²) in [4.78, 5) is 0. The zero-order valence-corrected chi connectivity index (χ0v) is 5.59. The van der Waals surface area contributed by atoms with Gasteiger partial charge in [-0.2, -0.15) is 0 Å². The molecule has 8 heavy (non-hydrogen) atoms. The molecule has 2 atom stereocenters. The van der Waals surface area contributed by atoms with Crippen LogP contribution in [0, 0.1) is 12.3 Å². The van der Waals surface area contributed by atoms with Crippen molar-refractivity contribution in [1.82, 2.24) is 5.32 Å². The maximum Gasteiger partial charge on any atom is 0.0246 e. The molecule has 0 aliphatic carbocycles. The van der Waals surface area contributed by atoms with Crippen molar-refractivity contribution < 1.29 is 0 Å². The molecule has 1 aliphatic rings. The summed E-state index contributed by atoms with van der Waals surface area (Å²) in [5.74, 6) is 0.712. The van der Waals surface area contributed by atoms with E-state index >= 15 is 0 Å². The molecule has 1 fully saturated rings. The minimum Gasteiger partial charge on any atom is -0.238 e. The summed E-state index contributed by atoms with van der Waals surface area (Å²) in [6.07, 6.45) is 3.54. The molecular weight excluding hydrogens is 98.1 g/mol. The van der Waals surface area contributed by atoms with Gasteiger partial charge in [0.25, 0.3) is 0 Å². The van der Waals surface area contributed by atoms with E-state index in [9.17, 15) is 0 Å². The van der Waals surface area contributed by atoms with Crippen molar-refractivity contribution >= 4 is 0 Å². The van der Waals surface area contributed by atoms with Crippen molar-refractivity contribution in [2.45, 2.75) is 26.3 Å². The first-order chi connectivity index (χ1) is 3.80. The Kier molecular flexibility index (Phi) is 1.90. The molecule has 1 rings (SSSR count). The first-order valence-corrected chi connectivity index (χ1v) is 3.30. The van der Waals surface area contributed by atoms with Crippen LogP contribution < -0.4 is 5.32 Å². The van der Waals surface area contributed by atoms with Crippen molar-refractivity contribution in [1.29, 1.82) is 0 Å². The molecule has 0 aromatic carbocycles. The molecule has 46 valence electrons. The van der Waals surface area contributed by atoms with Crippen LogP contribution in [0.5, 0.6) is 0 Å². The van der Waals surface area contributed by atoms with Crippen molar-refractivity contribution in [2.75, 3.05) is 6.54 Å². The molecule has 0 aromatic heterocycles. The van der Waals surface area contributed by atoms with E-state index in [1.165, 1.54) is 6.42 Å². The second-order valence-electron chi connectivity index (χ2n) is 2.53. The van der Waals surface area contributed by atoms with Crippen LogP contribution in [-0.4, -0.2) is 12.6 Å². The van der Waals surface area contributed by atoms with Crippen LogP contribution >= 0.6 is 0 Å². The van der Waals surface area contributed by atoms with Gasteiger partial charge in [0.15, 0.2) is 0 Å². The molecule has 1 heteroatoms. The number of rotatable bonds is 0. The summed E-state index contributed by atoms with van der Waals surface area (Å²) in [6, 6.07) is 0.573. The molecule has 0 amide bonds. The van der Waals surface area contributed by atoms with Crippen LogP contribution in [-0.2, 0) is 0 Å². The lowest BCUT2D eigenvalue weighted by Crippen LogP contribution is -2.32. The molecule has 0 bridgehead atoms. The molecule has 0 saturated carbocycles. The largest absolute Gasteiger partial charge is 0.238 e. The van der Waals surface area contributed by atoms with Crippen LogP contribution in [0.1, 0.15) is 20.3 Å². The van der Waals surface area contributed by atoms with Gasteiger partial charge in [-0.25, -0.2) is 5.32 Å². The Bertz CT molecular complexity index is 60.8. The van der Waals surface area contributed by atoms with E-state index in [0.717, 1.165) is 6.54 Å². The molecule has 1 heterocycles. The fourth-order valence-electron chi connectivity index (χ4n) is 0.979. The van der Waals surface area contributed by atoms with E-state index in [4.69, 9.17) is 0 Å². The van der Waals surface area contributed by atoms with Gasteiger partial charge in [0.2, 0.25) is 0 Å². The van der Waals surface area contributed by atoms with Crippen molar-refractivity contribution in [3.63, 3.8) is 0 Å². The first-order valence-electron chi connectivity index (χ1n) is 3.30. The molecular formula is C7H13N. The summed E-state index contributed by atoms with van der Waals surface area (Å²) >= 11 is 0. The summed E-state index contributed by atoms with van der Waals surface area (Å²) in [7, 11) is 0. The highest BCUT2D eigenvalue weighted by Gasteiger charge is 2.16. The lowest BCUT2D eigenvalue weighted by Gasteiger charge is -2.24. The smallest absolute Gasteiger partial charge is 0.0246 e. The minimum absolute atomic E-state index is 0.573. The molecule has 0 aromatic rings. The summed E-state index contributed by atoms with van der Waals surface area (Å²) in [5, 5.41) is 4.38. The van der Waals surface area contributed by atoms with Crippen LogP contribution in [0.2, 0.25) is 0 Å². The normalized spacial score (nSPS) is 39.8. The van der Waals surface area contributed by atoms with E-state index in [2.05, 4.69) is 25.6 Å². The molecule has 2 radical (unpaired) electrons. The third kappa shape index (κ3) is 1.22. The zero-order chi connectivity index (χ0) is 5.98. The third-order valence-electron chi connectivity index (χ3n) is 1.85. The topological polar surface area (TPSA) is 14.1 Å². The SMILES string of the molecule is CC1[CH]CC[N]C1C. The number of hydrogen-bond acceptors (Lipinski definition) is 0. The van der Waals surface area contributed by atoms with Gasteiger partial charge in [0, 0.05) is 12.6 Å². The van der Waals surface area contributed by atoms with Crippen LogP contribution in [0.4, 0.5) is 0 Å². The predicted octanol–water partition coefficient (Wildman–Crippen LogP) is 1.22. The van der Waals surface area contributed by atoms with Crippen molar-refractivity contribution in [3.05, 3.63) is 6.42 Å². The van der Waals surface area contributed by atoms with Gasteiger partial charge in [0.05, 0.1) is 0 Å². The second kappa shape index (κ2) is 2.49. The Labute approximate surface area is 51.5 Å². The maximum atomic E-state index is 4.38. The Hall–Kier alpha value is -0.0400. The average Bonchev–Trinajstić information content (AvgIpc) is 1.77. The van der Waals surface area contributed by atoms with Gasteiger partial charge in [-0.3, -0.25) is 0 Å². The third-order valence-corrected chi connectivity index (χ3v) is 1.85. The highest BCUT2D eigenvalue weighted by molar-refractivity contribution is 4.85. The summed E-state index contributed by atoms with van der Waals surface area (Å²) in [5.41, 5.74) is 0. The Morgan fingerprint density at radius 3 is 2.62 bits per heavy atom. The highest BCUT2D eigenvalue weighted by atomic mass is 14.9. The van der Waals surface area contributed by atoms with E-state index < -0.39 is 0 Å². The maximum absolute atomic E-state index is 4.38. The standard InChI is InChI=1S/C7H13N/c1-6-4-3-5-8-7(6)2/h4,6-7H,3,5H2,1-2H3. The number of piperidine rings is 1. The van der Waals surface area contributed by atoms with E-state index in [0.29, 0.717) is 12.0 Å². The fourth-order valence-corrected chi connectivity index (χ4v) is 0.979. The Morgan fingerprint density at radius 2 is 2.25 bits per heavy atom. The lowest BCUT2D eigenvalue weighted by atomic mass is 9.94. The summed E-state index contributed by atoms with van der Waals surface area (Å²) in [6.45, 7) is 5.46. The highest BCUT2D eigenvalue weighted by Crippen LogP contribution is 2.14. The number of hydrogen-bond donors (Lipinski definition) is 0. The van der Waals surface area contributed by atoms with Crippen molar-refractivity contribution in [2.24, 2.45) is 5.92 Å². The molecule has 1 saturated heterocycles. The molecule has 0 spiro atoms.